The maximum atomic E-state index is 13.3. The van der Waals surface area contributed by atoms with Crippen molar-refractivity contribution >= 4 is 67.8 Å². The second-order valence-corrected chi connectivity index (χ2v) is 9.58. The third kappa shape index (κ3) is 4.75. The van der Waals surface area contributed by atoms with Crippen LogP contribution in [0.4, 0.5) is 10.1 Å². The predicted molar refractivity (Wildman–Crippen MR) is 123 cm³/mol. The van der Waals surface area contributed by atoms with Crippen LogP contribution >= 0.6 is 46.0 Å². The lowest BCUT2D eigenvalue weighted by atomic mass is 10.3. The van der Waals surface area contributed by atoms with Crippen LogP contribution in [0.1, 0.15) is 4.88 Å². The normalized spacial score (nSPS) is 11.1. The SMILES string of the molecule is O=C(CSc1nc2ccsc2c(=O)n1CCc1cccs1)Nc1ccc(F)c(Cl)c1. The first kappa shape index (κ1) is 21.0. The molecule has 0 spiro atoms. The Labute approximate surface area is 188 Å². The number of benzene rings is 1. The fourth-order valence-corrected chi connectivity index (χ4v) is 5.29. The molecule has 1 aromatic carbocycles. The van der Waals surface area contributed by atoms with E-state index >= 15 is 0 Å². The molecule has 0 saturated carbocycles. The van der Waals surface area contributed by atoms with E-state index in [1.165, 1.54) is 46.2 Å². The summed E-state index contributed by atoms with van der Waals surface area (Å²) in [6.45, 7) is 0.484. The highest BCUT2D eigenvalue weighted by atomic mass is 35.5. The van der Waals surface area contributed by atoms with Gasteiger partial charge in [0.15, 0.2) is 5.16 Å². The average Bonchev–Trinajstić information content (AvgIpc) is 3.40. The van der Waals surface area contributed by atoms with Gasteiger partial charge >= 0.3 is 0 Å². The summed E-state index contributed by atoms with van der Waals surface area (Å²) in [4.78, 5) is 31.1. The minimum Gasteiger partial charge on any atom is -0.325 e. The summed E-state index contributed by atoms with van der Waals surface area (Å²) in [5.41, 5.74) is 0.939. The molecule has 3 heterocycles. The van der Waals surface area contributed by atoms with Crippen molar-refractivity contribution in [2.75, 3.05) is 11.1 Å². The topological polar surface area (TPSA) is 64.0 Å². The van der Waals surface area contributed by atoms with E-state index in [1.807, 2.05) is 22.9 Å². The number of rotatable bonds is 7. The van der Waals surface area contributed by atoms with Gasteiger partial charge in [0, 0.05) is 17.1 Å². The number of thiophene rings is 2. The van der Waals surface area contributed by atoms with E-state index in [1.54, 1.807) is 22.0 Å². The summed E-state index contributed by atoms with van der Waals surface area (Å²) in [7, 11) is 0. The lowest BCUT2D eigenvalue weighted by Gasteiger charge is -2.12. The number of anilines is 1. The van der Waals surface area contributed by atoms with Gasteiger partial charge in [0.25, 0.3) is 5.56 Å². The van der Waals surface area contributed by atoms with Crippen molar-refractivity contribution in [3.63, 3.8) is 0 Å². The Morgan fingerprint density at radius 1 is 1.23 bits per heavy atom. The fourth-order valence-electron chi connectivity index (χ4n) is 2.81. The second kappa shape index (κ2) is 9.30. The number of halogens is 2. The molecule has 0 atom stereocenters. The zero-order valence-corrected chi connectivity index (χ0v) is 18.6. The van der Waals surface area contributed by atoms with Crippen molar-refractivity contribution in [2.24, 2.45) is 0 Å². The molecule has 4 rings (SSSR count). The molecule has 0 fully saturated rings. The summed E-state index contributed by atoms with van der Waals surface area (Å²) >= 11 is 9.95. The Bertz CT molecular complexity index is 1250. The van der Waals surface area contributed by atoms with Gasteiger partial charge in [0.2, 0.25) is 5.91 Å². The molecule has 0 radical (unpaired) electrons. The number of hydrogen-bond acceptors (Lipinski definition) is 6. The molecule has 0 bridgehead atoms. The highest BCUT2D eigenvalue weighted by Gasteiger charge is 2.15. The van der Waals surface area contributed by atoms with E-state index in [0.717, 1.165) is 0 Å². The molecule has 0 aliphatic rings. The average molecular weight is 480 g/mol. The van der Waals surface area contributed by atoms with Crippen molar-refractivity contribution in [1.82, 2.24) is 9.55 Å². The van der Waals surface area contributed by atoms with Gasteiger partial charge in [-0.3, -0.25) is 14.2 Å². The van der Waals surface area contributed by atoms with E-state index in [4.69, 9.17) is 11.6 Å². The van der Waals surface area contributed by atoms with E-state index < -0.39 is 5.82 Å². The van der Waals surface area contributed by atoms with Crippen molar-refractivity contribution < 1.29 is 9.18 Å². The molecule has 4 aromatic rings. The molecule has 0 unspecified atom stereocenters. The van der Waals surface area contributed by atoms with Crippen LogP contribution in [0.25, 0.3) is 10.2 Å². The molecule has 1 amide bonds. The van der Waals surface area contributed by atoms with Crippen LogP contribution in [0, 0.1) is 5.82 Å². The number of nitrogens with zero attached hydrogens (tertiary/aromatic N) is 2. The second-order valence-electron chi connectivity index (χ2n) is 6.28. The van der Waals surface area contributed by atoms with E-state index in [0.29, 0.717) is 34.0 Å². The number of amides is 1. The van der Waals surface area contributed by atoms with Gasteiger partial charge in [-0.1, -0.05) is 29.4 Å². The van der Waals surface area contributed by atoms with Crippen molar-refractivity contribution in [3.8, 4) is 0 Å². The monoisotopic (exact) mass is 479 g/mol. The summed E-state index contributed by atoms with van der Waals surface area (Å²) in [6.07, 6.45) is 0.712. The van der Waals surface area contributed by atoms with E-state index in [9.17, 15) is 14.0 Å². The highest BCUT2D eigenvalue weighted by Crippen LogP contribution is 2.23. The molecular formula is C20H15ClFN3O2S3. The molecule has 3 aromatic heterocycles. The Hall–Kier alpha value is -2.20. The van der Waals surface area contributed by atoms with Gasteiger partial charge in [0.1, 0.15) is 10.5 Å². The quantitative estimate of drug-likeness (QED) is 0.289. The largest absolute Gasteiger partial charge is 0.325 e. The molecule has 1 N–H and O–H groups in total. The van der Waals surface area contributed by atoms with Crippen molar-refractivity contribution in [1.29, 1.82) is 0 Å². The summed E-state index contributed by atoms with van der Waals surface area (Å²) in [5, 5.41) is 6.95. The summed E-state index contributed by atoms with van der Waals surface area (Å²) in [6, 6.07) is 9.80. The Morgan fingerprint density at radius 2 is 2.10 bits per heavy atom. The molecule has 5 nitrogen and oxygen atoms in total. The maximum Gasteiger partial charge on any atom is 0.272 e. The molecule has 0 saturated heterocycles. The Morgan fingerprint density at radius 3 is 2.87 bits per heavy atom. The zero-order chi connectivity index (χ0) is 21.1. The maximum absolute atomic E-state index is 13.3. The molecule has 154 valence electrons. The van der Waals surface area contributed by atoms with Crippen LogP contribution < -0.4 is 10.9 Å². The smallest absolute Gasteiger partial charge is 0.272 e. The number of nitrogens with one attached hydrogen (secondary N) is 1. The minimum absolute atomic E-state index is 0.0517. The number of aromatic nitrogens is 2. The minimum atomic E-state index is -0.549. The summed E-state index contributed by atoms with van der Waals surface area (Å²) < 4.78 is 15.5. The third-order valence-corrected chi connectivity index (χ3v) is 7.32. The van der Waals surface area contributed by atoms with Gasteiger partial charge in [-0.25, -0.2) is 9.37 Å². The standard InChI is InChI=1S/C20H15ClFN3O2S3/c21-14-10-12(3-4-15(14)22)23-17(26)11-30-20-24-16-6-9-29-18(16)19(27)25(20)7-5-13-2-1-8-28-13/h1-4,6,8-10H,5,7,11H2,(H,23,26). The predicted octanol–water partition coefficient (Wildman–Crippen LogP) is 5.29. The fraction of sp³-hybridized carbons (Fsp3) is 0.150. The van der Waals surface area contributed by atoms with Crippen molar-refractivity contribution in [2.45, 2.75) is 18.1 Å². The number of fused-ring (bicyclic) bond motifs is 1. The van der Waals surface area contributed by atoms with Crippen LogP contribution in [0.15, 0.2) is 57.1 Å². The number of hydrogen-bond donors (Lipinski definition) is 1. The molecular weight excluding hydrogens is 465 g/mol. The Kier molecular flexibility index (Phi) is 6.52. The van der Waals surface area contributed by atoms with Crippen LogP contribution in [0.3, 0.4) is 0 Å². The summed E-state index contributed by atoms with van der Waals surface area (Å²) in [5.74, 6) is -0.796. The van der Waals surface area contributed by atoms with Gasteiger partial charge in [-0.05, 0) is 47.5 Å². The highest BCUT2D eigenvalue weighted by molar-refractivity contribution is 7.99. The molecule has 0 aliphatic carbocycles. The number of thioether (sulfide) groups is 1. The first-order valence-corrected chi connectivity index (χ1v) is 12.0. The van der Waals surface area contributed by atoms with Crippen LogP contribution in [-0.4, -0.2) is 21.2 Å². The zero-order valence-electron chi connectivity index (χ0n) is 15.4. The first-order chi connectivity index (χ1) is 14.5. The van der Waals surface area contributed by atoms with Gasteiger partial charge in [-0.15, -0.1) is 22.7 Å². The Balaban J connectivity index is 1.51. The van der Waals surface area contributed by atoms with Gasteiger partial charge < -0.3 is 5.32 Å². The third-order valence-electron chi connectivity index (χ3n) is 4.23. The number of carbonyl (C=O) groups is 1. The van der Waals surface area contributed by atoms with Crippen LogP contribution in [0.2, 0.25) is 5.02 Å². The molecule has 10 heteroatoms. The lowest BCUT2D eigenvalue weighted by Crippen LogP contribution is -2.24. The molecule has 30 heavy (non-hydrogen) atoms. The van der Waals surface area contributed by atoms with Gasteiger partial charge in [0.05, 0.1) is 16.3 Å². The first-order valence-electron chi connectivity index (χ1n) is 8.89. The van der Waals surface area contributed by atoms with Gasteiger partial charge in [-0.2, -0.15) is 0 Å². The number of aryl methyl sites for hydroxylation is 1. The van der Waals surface area contributed by atoms with E-state index in [2.05, 4.69) is 10.3 Å². The van der Waals surface area contributed by atoms with Crippen molar-refractivity contribution in [3.05, 3.63) is 73.2 Å². The van der Waals surface area contributed by atoms with E-state index in [-0.39, 0.29) is 22.2 Å². The lowest BCUT2D eigenvalue weighted by molar-refractivity contribution is -0.113. The van der Waals surface area contributed by atoms with Crippen LogP contribution in [-0.2, 0) is 17.8 Å². The molecule has 0 aliphatic heterocycles. The van der Waals surface area contributed by atoms with Crippen LogP contribution in [0.5, 0.6) is 0 Å². The number of carbonyl (C=O) groups excluding carboxylic acids is 1.